The normalized spacial score (nSPS) is 27.9. The third-order valence-electron chi connectivity index (χ3n) is 4.73. The highest BCUT2D eigenvalue weighted by atomic mass is 16.5. The minimum atomic E-state index is -0.451. The summed E-state index contributed by atoms with van der Waals surface area (Å²) < 4.78 is 5.07. The van der Waals surface area contributed by atoms with Crippen molar-refractivity contribution >= 4 is 5.97 Å². The highest BCUT2D eigenvalue weighted by Gasteiger charge is 2.60. The van der Waals surface area contributed by atoms with Crippen LogP contribution in [0.4, 0.5) is 0 Å². The lowest BCUT2D eigenvalue weighted by atomic mass is 9.81. The molecule has 0 aromatic rings. The molecule has 1 saturated heterocycles. The first-order valence-corrected chi connectivity index (χ1v) is 6.59. The van der Waals surface area contributed by atoms with Crippen molar-refractivity contribution in [3.63, 3.8) is 0 Å². The molecule has 1 unspecified atom stereocenters. The van der Waals surface area contributed by atoms with E-state index in [0.717, 1.165) is 45.4 Å². The molecule has 0 amide bonds. The fourth-order valence-electron chi connectivity index (χ4n) is 2.92. The molecular formula is C13H24N2O2. The molecule has 0 radical (unpaired) electrons. The van der Waals surface area contributed by atoms with Crippen molar-refractivity contribution < 1.29 is 9.53 Å². The van der Waals surface area contributed by atoms with Gasteiger partial charge in [-0.25, -0.2) is 0 Å². The molecule has 17 heavy (non-hydrogen) atoms. The van der Waals surface area contributed by atoms with Crippen molar-refractivity contribution in [1.29, 1.82) is 0 Å². The third kappa shape index (κ3) is 2.08. The number of methoxy groups -OCH3 is 1. The van der Waals surface area contributed by atoms with Gasteiger partial charge in [0.15, 0.2) is 0 Å². The zero-order valence-electron chi connectivity index (χ0n) is 11.2. The third-order valence-corrected chi connectivity index (χ3v) is 4.73. The fourth-order valence-corrected chi connectivity index (χ4v) is 2.92. The number of carbonyl (C=O) groups is 1. The van der Waals surface area contributed by atoms with Gasteiger partial charge >= 0.3 is 5.97 Å². The van der Waals surface area contributed by atoms with E-state index in [1.54, 1.807) is 0 Å². The number of hydrogen-bond donors (Lipinski definition) is 1. The van der Waals surface area contributed by atoms with E-state index >= 15 is 0 Å². The number of nitrogens with zero attached hydrogens (tertiary/aromatic N) is 1. The average Bonchev–Trinajstić information content (AvgIpc) is 3.11. The second kappa shape index (κ2) is 4.58. The summed E-state index contributed by atoms with van der Waals surface area (Å²) in [6.07, 6.45) is 3.35. The monoisotopic (exact) mass is 240 g/mol. The van der Waals surface area contributed by atoms with E-state index in [1.807, 2.05) is 0 Å². The van der Waals surface area contributed by atoms with E-state index in [-0.39, 0.29) is 11.4 Å². The van der Waals surface area contributed by atoms with E-state index in [1.165, 1.54) is 7.11 Å². The fraction of sp³-hybridized carbons (Fsp3) is 0.923. The van der Waals surface area contributed by atoms with Crippen LogP contribution < -0.4 is 5.32 Å². The molecule has 1 aliphatic carbocycles. The van der Waals surface area contributed by atoms with Crippen LogP contribution >= 0.6 is 0 Å². The van der Waals surface area contributed by atoms with Gasteiger partial charge in [-0.1, -0.05) is 6.92 Å². The summed E-state index contributed by atoms with van der Waals surface area (Å²) in [5.74, 6) is -0.0700. The van der Waals surface area contributed by atoms with Gasteiger partial charge in [-0.2, -0.15) is 0 Å². The van der Waals surface area contributed by atoms with Crippen molar-refractivity contribution in [1.82, 2.24) is 10.2 Å². The first-order chi connectivity index (χ1) is 8.04. The predicted molar refractivity (Wildman–Crippen MR) is 66.8 cm³/mol. The maximum absolute atomic E-state index is 12.2. The van der Waals surface area contributed by atoms with Crippen LogP contribution in [-0.2, 0) is 9.53 Å². The zero-order valence-corrected chi connectivity index (χ0v) is 11.2. The van der Waals surface area contributed by atoms with E-state index in [0.29, 0.717) is 0 Å². The minimum Gasteiger partial charge on any atom is -0.468 e. The number of esters is 1. The van der Waals surface area contributed by atoms with Crippen molar-refractivity contribution in [3.05, 3.63) is 0 Å². The second-order valence-corrected chi connectivity index (χ2v) is 5.72. The lowest BCUT2D eigenvalue weighted by Gasteiger charge is -2.43. The molecule has 0 aromatic heterocycles. The smallest absolute Gasteiger partial charge is 0.326 e. The van der Waals surface area contributed by atoms with Crippen LogP contribution in [0.3, 0.4) is 0 Å². The Hall–Kier alpha value is -0.610. The summed E-state index contributed by atoms with van der Waals surface area (Å²) in [5.41, 5.74) is -0.349. The van der Waals surface area contributed by atoms with Gasteiger partial charge < -0.3 is 10.1 Å². The summed E-state index contributed by atoms with van der Waals surface area (Å²) >= 11 is 0. The number of rotatable bonds is 3. The molecule has 1 atom stereocenters. The molecule has 0 bridgehead atoms. The highest BCUT2D eigenvalue weighted by molar-refractivity contribution is 5.82. The van der Waals surface area contributed by atoms with Crippen molar-refractivity contribution in [2.45, 2.75) is 38.6 Å². The Kier molecular flexibility index (Phi) is 3.46. The first kappa shape index (κ1) is 12.8. The molecule has 98 valence electrons. The van der Waals surface area contributed by atoms with Crippen LogP contribution in [0.1, 0.15) is 33.1 Å². The van der Waals surface area contributed by atoms with Crippen molar-refractivity contribution in [3.8, 4) is 0 Å². The summed E-state index contributed by atoms with van der Waals surface area (Å²) in [6.45, 7) is 8.20. The topological polar surface area (TPSA) is 41.6 Å². The van der Waals surface area contributed by atoms with Gasteiger partial charge in [-0.3, -0.25) is 9.69 Å². The van der Waals surface area contributed by atoms with Gasteiger partial charge in [0.2, 0.25) is 0 Å². The number of carbonyl (C=O) groups excluding carboxylic acids is 1. The van der Waals surface area contributed by atoms with Gasteiger partial charge in [0.1, 0.15) is 5.54 Å². The van der Waals surface area contributed by atoms with E-state index in [9.17, 15) is 4.79 Å². The van der Waals surface area contributed by atoms with Gasteiger partial charge in [-0.05, 0) is 38.1 Å². The Morgan fingerprint density at radius 1 is 1.35 bits per heavy atom. The Balaban J connectivity index is 2.22. The quantitative estimate of drug-likeness (QED) is 0.748. The van der Waals surface area contributed by atoms with Gasteiger partial charge in [0, 0.05) is 19.6 Å². The summed E-state index contributed by atoms with van der Waals surface area (Å²) in [5, 5.41) is 3.38. The number of ether oxygens (including phenoxy) is 1. The van der Waals surface area contributed by atoms with Crippen LogP contribution in [0, 0.1) is 5.41 Å². The molecular weight excluding hydrogens is 216 g/mol. The Bertz CT molecular complexity index is 294. The van der Waals surface area contributed by atoms with Crippen LogP contribution in [0.5, 0.6) is 0 Å². The zero-order chi connectivity index (χ0) is 12.5. The van der Waals surface area contributed by atoms with Gasteiger partial charge in [0.05, 0.1) is 7.11 Å². The lowest BCUT2D eigenvalue weighted by Crippen LogP contribution is -2.59. The Morgan fingerprint density at radius 2 is 2.06 bits per heavy atom. The molecule has 2 aliphatic rings. The largest absolute Gasteiger partial charge is 0.468 e. The molecule has 4 nitrogen and oxygen atoms in total. The molecule has 2 rings (SSSR count). The first-order valence-electron chi connectivity index (χ1n) is 6.59. The molecule has 1 aliphatic heterocycles. The molecule has 0 spiro atoms. The second-order valence-electron chi connectivity index (χ2n) is 5.72. The average molecular weight is 240 g/mol. The molecule has 1 saturated carbocycles. The van der Waals surface area contributed by atoms with Crippen LogP contribution in [0.2, 0.25) is 0 Å². The van der Waals surface area contributed by atoms with E-state index < -0.39 is 5.54 Å². The molecule has 2 fully saturated rings. The molecule has 1 N–H and O–H groups in total. The Labute approximate surface area is 104 Å². The standard InChI is InChI=1S/C13H24N2O2/c1-12(5-6-12)13(2,11(16)17-3)15-9-4-7-14-8-10-15/h14H,4-10H2,1-3H3. The van der Waals surface area contributed by atoms with Gasteiger partial charge in [-0.15, -0.1) is 0 Å². The maximum Gasteiger partial charge on any atom is 0.326 e. The summed E-state index contributed by atoms with van der Waals surface area (Å²) in [6, 6.07) is 0. The minimum absolute atomic E-state index is 0.0700. The molecule has 4 heteroatoms. The van der Waals surface area contributed by atoms with Crippen LogP contribution in [0.15, 0.2) is 0 Å². The molecule has 0 aromatic carbocycles. The van der Waals surface area contributed by atoms with E-state index in [2.05, 4.69) is 24.1 Å². The number of nitrogens with one attached hydrogen (secondary N) is 1. The van der Waals surface area contributed by atoms with Crippen LogP contribution in [-0.4, -0.2) is 49.7 Å². The maximum atomic E-state index is 12.2. The Morgan fingerprint density at radius 3 is 2.65 bits per heavy atom. The lowest BCUT2D eigenvalue weighted by molar-refractivity contribution is -0.159. The SMILES string of the molecule is COC(=O)C(C)(N1CCCNCC1)C1(C)CC1. The summed E-state index contributed by atoms with van der Waals surface area (Å²) in [7, 11) is 1.50. The summed E-state index contributed by atoms with van der Waals surface area (Å²) in [4.78, 5) is 14.6. The molecule has 1 heterocycles. The van der Waals surface area contributed by atoms with Gasteiger partial charge in [0.25, 0.3) is 0 Å². The number of hydrogen-bond acceptors (Lipinski definition) is 4. The van der Waals surface area contributed by atoms with E-state index in [4.69, 9.17) is 4.74 Å². The highest BCUT2D eigenvalue weighted by Crippen LogP contribution is 2.56. The van der Waals surface area contributed by atoms with Crippen LogP contribution in [0.25, 0.3) is 0 Å². The van der Waals surface area contributed by atoms with Crippen molar-refractivity contribution in [2.24, 2.45) is 5.41 Å². The predicted octanol–water partition coefficient (Wildman–Crippen LogP) is 1.01. The van der Waals surface area contributed by atoms with Crippen molar-refractivity contribution in [2.75, 3.05) is 33.3 Å².